The van der Waals surface area contributed by atoms with Crippen molar-refractivity contribution in [2.45, 2.75) is 50.0 Å². The van der Waals surface area contributed by atoms with Crippen molar-refractivity contribution in [2.24, 2.45) is 5.73 Å². The molecule has 1 aromatic carbocycles. The molecule has 0 radical (unpaired) electrons. The van der Waals surface area contributed by atoms with Gasteiger partial charge < -0.3 is 15.2 Å². The Balaban J connectivity index is 1.89. The summed E-state index contributed by atoms with van der Waals surface area (Å²) in [5.74, 6) is 1.54. The summed E-state index contributed by atoms with van der Waals surface area (Å²) in [6, 6.07) is 3.93. The molecule has 0 heterocycles. The second kappa shape index (κ2) is 5.45. The Bertz CT molecular complexity index is 493. The van der Waals surface area contributed by atoms with Gasteiger partial charge in [-0.05, 0) is 50.2 Å². The second-order valence-corrected chi connectivity index (χ2v) is 6.40. The number of rotatable bonds is 5. The minimum Gasteiger partial charge on any atom is -0.493 e. The zero-order chi connectivity index (χ0) is 14.2. The van der Waals surface area contributed by atoms with Crippen molar-refractivity contribution < 1.29 is 9.47 Å². The van der Waals surface area contributed by atoms with Crippen LogP contribution in [0.3, 0.4) is 0 Å². The normalized spacial score (nSPS) is 20.9. The van der Waals surface area contributed by atoms with Crippen molar-refractivity contribution in [3.8, 4) is 11.5 Å². The molecule has 0 bridgehead atoms. The van der Waals surface area contributed by atoms with Gasteiger partial charge in [-0.1, -0.05) is 11.6 Å². The minimum absolute atomic E-state index is 0.0657. The zero-order valence-corrected chi connectivity index (χ0v) is 12.7. The Kier molecular flexibility index (Phi) is 3.83. The Labute approximate surface area is 125 Å². The van der Waals surface area contributed by atoms with Gasteiger partial charge in [0.1, 0.15) is 0 Å². The van der Waals surface area contributed by atoms with Gasteiger partial charge in [0.05, 0.1) is 13.2 Å². The van der Waals surface area contributed by atoms with Crippen LogP contribution in [0.25, 0.3) is 0 Å². The Morgan fingerprint density at radius 1 is 1.25 bits per heavy atom. The van der Waals surface area contributed by atoms with E-state index in [1.807, 2.05) is 12.1 Å². The lowest BCUT2D eigenvalue weighted by atomic mass is 9.95. The summed E-state index contributed by atoms with van der Waals surface area (Å²) >= 11 is 6.46. The van der Waals surface area contributed by atoms with E-state index in [1.54, 1.807) is 7.11 Å². The number of methoxy groups -OCH3 is 1. The molecule has 2 aliphatic rings. The topological polar surface area (TPSA) is 44.5 Å². The molecule has 20 heavy (non-hydrogen) atoms. The molecule has 0 atom stereocenters. The van der Waals surface area contributed by atoms with Crippen molar-refractivity contribution in [1.82, 2.24) is 0 Å². The lowest BCUT2D eigenvalue weighted by molar-refractivity contribution is 0.200. The first-order valence-electron chi connectivity index (χ1n) is 7.43. The first-order valence-corrected chi connectivity index (χ1v) is 7.81. The van der Waals surface area contributed by atoms with Crippen LogP contribution in [0.2, 0.25) is 5.02 Å². The van der Waals surface area contributed by atoms with Crippen molar-refractivity contribution in [3.05, 3.63) is 22.7 Å². The monoisotopic (exact) mass is 295 g/mol. The number of benzene rings is 1. The molecule has 0 unspecified atom stereocenters. The van der Waals surface area contributed by atoms with Crippen LogP contribution in [0.4, 0.5) is 0 Å². The third-order valence-electron chi connectivity index (χ3n) is 4.66. The van der Waals surface area contributed by atoms with E-state index >= 15 is 0 Å². The van der Waals surface area contributed by atoms with Gasteiger partial charge in [-0.25, -0.2) is 0 Å². The Morgan fingerprint density at radius 3 is 2.50 bits per heavy atom. The van der Waals surface area contributed by atoms with Gasteiger partial charge in [-0.15, -0.1) is 0 Å². The third-order valence-corrected chi connectivity index (χ3v) is 4.98. The van der Waals surface area contributed by atoms with E-state index in [9.17, 15) is 0 Å². The fourth-order valence-electron chi connectivity index (χ4n) is 3.11. The number of nitrogens with two attached hydrogens (primary N) is 1. The molecular weight excluding hydrogens is 274 g/mol. The molecule has 1 aromatic rings. The highest BCUT2D eigenvalue weighted by Gasteiger charge is 2.44. The molecule has 110 valence electrons. The SMILES string of the molecule is COc1cc(C2(CN)CC2)c(Cl)cc1OC1CCCC1. The summed E-state index contributed by atoms with van der Waals surface area (Å²) in [5.41, 5.74) is 7.07. The van der Waals surface area contributed by atoms with Crippen molar-refractivity contribution in [2.75, 3.05) is 13.7 Å². The molecule has 2 N–H and O–H groups in total. The molecule has 0 spiro atoms. The summed E-state index contributed by atoms with van der Waals surface area (Å²) < 4.78 is 11.6. The molecule has 2 saturated carbocycles. The molecule has 4 heteroatoms. The van der Waals surface area contributed by atoms with Gasteiger partial charge in [0, 0.05) is 23.0 Å². The molecule has 0 aromatic heterocycles. The van der Waals surface area contributed by atoms with Crippen LogP contribution in [-0.2, 0) is 5.41 Å². The number of halogens is 1. The minimum atomic E-state index is 0.0657. The summed E-state index contributed by atoms with van der Waals surface area (Å²) in [6.45, 7) is 0.638. The standard InChI is InChI=1S/C16H22ClNO2/c1-19-14-8-12(16(10-18)6-7-16)13(17)9-15(14)20-11-4-2-3-5-11/h8-9,11H,2-7,10,18H2,1H3. The highest BCUT2D eigenvalue weighted by atomic mass is 35.5. The van der Waals surface area contributed by atoms with Gasteiger partial charge in [0.25, 0.3) is 0 Å². The van der Waals surface area contributed by atoms with E-state index in [0.717, 1.165) is 47.8 Å². The van der Waals surface area contributed by atoms with Gasteiger partial charge in [0.15, 0.2) is 11.5 Å². The molecule has 3 nitrogen and oxygen atoms in total. The highest BCUT2D eigenvalue weighted by molar-refractivity contribution is 6.31. The third kappa shape index (κ3) is 2.49. The van der Waals surface area contributed by atoms with Gasteiger partial charge in [-0.3, -0.25) is 0 Å². The molecular formula is C16H22ClNO2. The van der Waals surface area contributed by atoms with Crippen LogP contribution >= 0.6 is 11.6 Å². The van der Waals surface area contributed by atoms with Gasteiger partial charge in [-0.2, -0.15) is 0 Å². The lowest BCUT2D eigenvalue weighted by Crippen LogP contribution is -2.20. The Hall–Kier alpha value is -0.930. The summed E-state index contributed by atoms with van der Waals surface area (Å²) in [7, 11) is 1.68. The first-order chi connectivity index (χ1) is 9.68. The van der Waals surface area contributed by atoms with Crippen molar-refractivity contribution >= 4 is 11.6 Å². The zero-order valence-electron chi connectivity index (χ0n) is 12.0. The summed E-state index contributed by atoms with van der Waals surface area (Å²) in [5, 5.41) is 0.752. The largest absolute Gasteiger partial charge is 0.493 e. The maximum Gasteiger partial charge on any atom is 0.163 e. The van der Waals surface area contributed by atoms with Crippen LogP contribution in [0.15, 0.2) is 12.1 Å². The number of hydrogen-bond acceptors (Lipinski definition) is 3. The van der Waals surface area contributed by atoms with E-state index in [0.29, 0.717) is 12.6 Å². The molecule has 0 saturated heterocycles. The summed E-state index contributed by atoms with van der Waals surface area (Å²) in [4.78, 5) is 0. The number of hydrogen-bond donors (Lipinski definition) is 1. The predicted octanol–water partition coefficient (Wildman–Crippen LogP) is 3.66. The van der Waals surface area contributed by atoms with E-state index < -0.39 is 0 Å². The van der Waals surface area contributed by atoms with Crippen molar-refractivity contribution in [3.63, 3.8) is 0 Å². The molecule has 2 fully saturated rings. The fraction of sp³-hybridized carbons (Fsp3) is 0.625. The molecule has 0 amide bonds. The van der Waals surface area contributed by atoms with Crippen LogP contribution < -0.4 is 15.2 Å². The first kappa shape index (κ1) is 14.0. The van der Waals surface area contributed by atoms with E-state index in [1.165, 1.54) is 12.8 Å². The van der Waals surface area contributed by atoms with Crippen LogP contribution in [0.1, 0.15) is 44.1 Å². The Morgan fingerprint density at radius 2 is 1.95 bits per heavy atom. The van der Waals surface area contributed by atoms with Crippen LogP contribution in [0.5, 0.6) is 11.5 Å². The van der Waals surface area contributed by atoms with E-state index in [2.05, 4.69) is 0 Å². The van der Waals surface area contributed by atoms with E-state index in [-0.39, 0.29) is 5.41 Å². The quantitative estimate of drug-likeness (QED) is 0.901. The summed E-state index contributed by atoms with van der Waals surface area (Å²) in [6.07, 6.45) is 7.24. The highest BCUT2D eigenvalue weighted by Crippen LogP contribution is 2.52. The molecule has 0 aliphatic heterocycles. The molecule has 2 aliphatic carbocycles. The van der Waals surface area contributed by atoms with Crippen molar-refractivity contribution in [1.29, 1.82) is 0 Å². The van der Waals surface area contributed by atoms with Gasteiger partial charge in [0.2, 0.25) is 0 Å². The fourth-order valence-corrected chi connectivity index (χ4v) is 3.47. The molecule has 3 rings (SSSR count). The average Bonchev–Trinajstić information content (AvgIpc) is 3.08. The maximum absolute atomic E-state index is 6.46. The average molecular weight is 296 g/mol. The maximum atomic E-state index is 6.46. The van der Waals surface area contributed by atoms with Crippen LogP contribution in [-0.4, -0.2) is 19.8 Å². The lowest BCUT2D eigenvalue weighted by Gasteiger charge is -2.20. The van der Waals surface area contributed by atoms with E-state index in [4.69, 9.17) is 26.8 Å². The second-order valence-electron chi connectivity index (χ2n) is 5.99. The smallest absolute Gasteiger partial charge is 0.163 e. The van der Waals surface area contributed by atoms with Crippen LogP contribution in [0, 0.1) is 0 Å². The number of ether oxygens (including phenoxy) is 2. The predicted molar refractivity (Wildman–Crippen MR) is 80.9 cm³/mol. The van der Waals surface area contributed by atoms with Gasteiger partial charge >= 0.3 is 0 Å².